The van der Waals surface area contributed by atoms with Crippen molar-refractivity contribution in [1.29, 1.82) is 0 Å². The number of rotatable bonds is 11. The molecule has 4 rings (SSSR count). The first-order valence-electron chi connectivity index (χ1n) is 12.5. The number of carbonyl (C=O) groups is 2. The SMILES string of the molecule is CC(=O)c1ccc(S(=O)(=O)NC[C@@H](O)C[C@@H](Cc2ccccc2)C(=O)NC2c3ccccc3C[C@H]2O)cc1. The van der Waals surface area contributed by atoms with E-state index in [-0.39, 0.29) is 29.6 Å². The summed E-state index contributed by atoms with van der Waals surface area (Å²) in [5, 5.41) is 24.3. The Hall–Kier alpha value is -3.37. The Labute approximate surface area is 222 Å². The first-order chi connectivity index (χ1) is 18.1. The summed E-state index contributed by atoms with van der Waals surface area (Å²) in [4.78, 5) is 24.8. The highest BCUT2D eigenvalue weighted by Crippen LogP contribution is 2.32. The minimum atomic E-state index is -3.93. The third-order valence-electron chi connectivity index (χ3n) is 6.83. The van der Waals surface area contributed by atoms with Crippen LogP contribution in [0.3, 0.4) is 0 Å². The molecule has 1 amide bonds. The van der Waals surface area contributed by atoms with Crippen molar-refractivity contribution < 1.29 is 28.2 Å². The fourth-order valence-corrected chi connectivity index (χ4v) is 5.84. The molecule has 4 N–H and O–H groups in total. The molecule has 1 unspecified atom stereocenters. The van der Waals surface area contributed by atoms with E-state index < -0.39 is 34.2 Å². The van der Waals surface area contributed by atoms with Gasteiger partial charge in [-0.05, 0) is 48.6 Å². The zero-order valence-electron chi connectivity index (χ0n) is 21.1. The molecule has 0 saturated heterocycles. The van der Waals surface area contributed by atoms with Gasteiger partial charge in [0.15, 0.2) is 5.78 Å². The molecule has 1 aliphatic carbocycles. The summed E-state index contributed by atoms with van der Waals surface area (Å²) in [6, 6.07) is 21.9. The second-order valence-electron chi connectivity index (χ2n) is 9.67. The highest BCUT2D eigenvalue weighted by atomic mass is 32.2. The van der Waals surface area contributed by atoms with E-state index in [1.165, 1.54) is 31.2 Å². The molecule has 1 aliphatic rings. The molecular weight excluding hydrogens is 504 g/mol. The molecule has 0 aliphatic heterocycles. The lowest BCUT2D eigenvalue weighted by Gasteiger charge is -2.24. The molecule has 0 saturated carbocycles. The predicted molar refractivity (Wildman–Crippen MR) is 143 cm³/mol. The average molecular weight is 537 g/mol. The van der Waals surface area contributed by atoms with Crippen LogP contribution in [0.5, 0.6) is 0 Å². The molecule has 9 heteroatoms. The Morgan fingerprint density at radius 1 is 0.974 bits per heavy atom. The number of hydrogen-bond donors (Lipinski definition) is 4. The van der Waals surface area contributed by atoms with Crippen LogP contribution >= 0.6 is 0 Å². The Morgan fingerprint density at radius 2 is 1.63 bits per heavy atom. The summed E-state index contributed by atoms with van der Waals surface area (Å²) >= 11 is 0. The molecule has 38 heavy (non-hydrogen) atoms. The van der Waals surface area contributed by atoms with Gasteiger partial charge < -0.3 is 15.5 Å². The molecule has 0 heterocycles. The van der Waals surface area contributed by atoms with Gasteiger partial charge in [0.1, 0.15) is 0 Å². The van der Waals surface area contributed by atoms with Crippen LogP contribution in [0.4, 0.5) is 0 Å². The molecule has 0 fully saturated rings. The van der Waals surface area contributed by atoms with E-state index in [0.717, 1.165) is 16.7 Å². The standard InChI is InChI=1S/C29H32N2O6S/c1-19(32)21-11-13-25(14-12-21)38(36,37)30-18-24(33)16-23(15-20-7-3-2-4-8-20)29(35)31-28-26-10-6-5-9-22(26)17-27(28)34/h2-14,23-24,27-28,30,33-34H,15-18H2,1H3,(H,31,35)/t23-,24+,27-,28?/m1/s1. The van der Waals surface area contributed by atoms with Gasteiger partial charge in [0, 0.05) is 24.4 Å². The maximum Gasteiger partial charge on any atom is 0.240 e. The number of hydrogen-bond acceptors (Lipinski definition) is 6. The topological polar surface area (TPSA) is 133 Å². The smallest absolute Gasteiger partial charge is 0.240 e. The Balaban J connectivity index is 1.44. The zero-order valence-corrected chi connectivity index (χ0v) is 21.9. The Kier molecular flexibility index (Phi) is 8.73. The molecule has 0 radical (unpaired) electrons. The fourth-order valence-electron chi connectivity index (χ4n) is 4.77. The van der Waals surface area contributed by atoms with Gasteiger partial charge in [-0.3, -0.25) is 9.59 Å². The van der Waals surface area contributed by atoms with Gasteiger partial charge in [-0.25, -0.2) is 13.1 Å². The van der Waals surface area contributed by atoms with Crippen molar-refractivity contribution in [2.45, 2.75) is 49.3 Å². The maximum atomic E-state index is 13.4. The van der Waals surface area contributed by atoms with E-state index in [2.05, 4.69) is 10.0 Å². The summed E-state index contributed by atoms with van der Waals surface area (Å²) in [7, 11) is -3.93. The average Bonchev–Trinajstić information content (AvgIpc) is 3.22. The Bertz CT molecular complexity index is 1380. The van der Waals surface area contributed by atoms with Crippen molar-refractivity contribution in [3.63, 3.8) is 0 Å². The van der Waals surface area contributed by atoms with Gasteiger partial charge in [-0.2, -0.15) is 0 Å². The van der Waals surface area contributed by atoms with Crippen molar-refractivity contribution in [2.24, 2.45) is 5.92 Å². The van der Waals surface area contributed by atoms with Gasteiger partial charge >= 0.3 is 0 Å². The number of sulfonamides is 1. The number of amides is 1. The lowest BCUT2D eigenvalue weighted by Crippen LogP contribution is -2.41. The van der Waals surface area contributed by atoms with Gasteiger partial charge in [0.05, 0.1) is 23.1 Å². The zero-order chi connectivity index (χ0) is 27.3. The van der Waals surface area contributed by atoms with Gasteiger partial charge in [0.2, 0.25) is 15.9 Å². The number of Topliss-reactive ketones (excluding diaryl/α,β-unsaturated/α-hetero) is 1. The molecule has 0 bridgehead atoms. The van der Waals surface area contributed by atoms with Crippen LogP contribution in [0.1, 0.15) is 46.4 Å². The van der Waals surface area contributed by atoms with E-state index in [1.807, 2.05) is 54.6 Å². The van der Waals surface area contributed by atoms with Gasteiger partial charge in [0.25, 0.3) is 0 Å². The summed E-state index contributed by atoms with van der Waals surface area (Å²) in [6.07, 6.45) is -1.09. The number of nitrogens with one attached hydrogen (secondary N) is 2. The summed E-state index contributed by atoms with van der Waals surface area (Å²) in [6.45, 7) is 1.11. The number of fused-ring (bicyclic) bond motifs is 1. The number of carbonyl (C=O) groups excluding carboxylic acids is 2. The van der Waals surface area contributed by atoms with E-state index in [4.69, 9.17) is 0 Å². The van der Waals surface area contributed by atoms with Crippen molar-refractivity contribution in [2.75, 3.05) is 6.54 Å². The van der Waals surface area contributed by atoms with Crippen molar-refractivity contribution in [3.8, 4) is 0 Å². The van der Waals surface area contributed by atoms with E-state index in [9.17, 15) is 28.2 Å². The van der Waals surface area contributed by atoms with Crippen LogP contribution in [0.2, 0.25) is 0 Å². The lowest BCUT2D eigenvalue weighted by atomic mass is 9.92. The van der Waals surface area contributed by atoms with Crippen LogP contribution in [0.15, 0.2) is 83.8 Å². The molecule has 3 aromatic carbocycles. The summed E-state index contributed by atoms with van der Waals surface area (Å²) in [5.74, 6) is -1.16. The van der Waals surface area contributed by atoms with Crippen LogP contribution in [-0.2, 0) is 27.7 Å². The second kappa shape index (κ2) is 12.0. The summed E-state index contributed by atoms with van der Waals surface area (Å²) in [5.41, 5.74) is 3.15. The van der Waals surface area contributed by atoms with E-state index >= 15 is 0 Å². The molecule has 200 valence electrons. The van der Waals surface area contributed by atoms with Crippen LogP contribution in [0.25, 0.3) is 0 Å². The highest BCUT2D eigenvalue weighted by molar-refractivity contribution is 7.89. The molecule has 0 spiro atoms. The molecule has 3 aromatic rings. The quantitative estimate of drug-likeness (QED) is 0.279. The molecule has 4 atom stereocenters. The van der Waals surface area contributed by atoms with E-state index in [0.29, 0.717) is 18.4 Å². The van der Waals surface area contributed by atoms with Gasteiger partial charge in [-0.15, -0.1) is 0 Å². The van der Waals surface area contributed by atoms with Crippen molar-refractivity contribution >= 4 is 21.7 Å². The highest BCUT2D eigenvalue weighted by Gasteiger charge is 2.34. The molecular formula is C29H32N2O6S. The van der Waals surface area contributed by atoms with Crippen LogP contribution < -0.4 is 10.0 Å². The largest absolute Gasteiger partial charge is 0.392 e. The number of aliphatic hydroxyl groups excluding tert-OH is 2. The third kappa shape index (κ3) is 6.73. The number of aliphatic hydroxyl groups is 2. The second-order valence-corrected chi connectivity index (χ2v) is 11.4. The van der Waals surface area contributed by atoms with Gasteiger partial charge in [-0.1, -0.05) is 66.7 Å². The summed E-state index contributed by atoms with van der Waals surface area (Å²) < 4.78 is 27.8. The minimum absolute atomic E-state index is 0.0109. The normalized spacial score (nSPS) is 18.4. The predicted octanol–water partition coefficient (Wildman–Crippen LogP) is 2.55. The van der Waals surface area contributed by atoms with Crippen LogP contribution in [-0.4, -0.2) is 49.1 Å². The maximum absolute atomic E-state index is 13.4. The lowest BCUT2D eigenvalue weighted by molar-refractivity contribution is -0.127. The van der Waals surface area contributed by atoms with Crippen molar-refractivity contribution in [1.82, 2.24) is 10.0 Å². The number of benzene rings is 3. The van der Waals surface area contributed by atoms with Crippen LogP contribution in [0, 0.1) is 5.92 Å². The fraction of sp³-hybridized carbons (Fsp3) is 0.310. The molecule has 8 nitrogen and oxygen atoms in total. The third-order valence-corrected chi connectivity index (χ3v) is 8.27. The van der Waals surface area contributed by atoms with Crippen molar-refractivity contribution in [3.05, 3.63) is 101 Å². The van der Waals surface area contributed by atoms with E-state index in [1.54, 1.807) is 0 Å². The first kappa shape index (κ1) is 27.7. The monoisotopic (exact) mass is 536 g/mol. The molecule has 0 aromatic heterocycles. The number of ketones is 1. The Morgan fingerprint density at radius 3 is 2.32 bits per heavy atom. The first-order valence-corrected chi connectivity index (χ1v) is 14.0. The minimum Gasteiger partial charge on any atom is -0.392 e.